The van der Waals surface area contributed by atoms with Crippen LogP contribution in [0.15, 0.2) is 22.1 Å². The smallest absolute Gasteiger partial charge is 0.0854 e. The summed E-state index contributed by atoms with van der Waals surface area (Å²) in [6, 6.07) is 4.20. The summed E-state index contributed by atoms with van der Waals surface area (Å²) in [5.74, 6) is 0. The molecule has 86 valence electrons. The molecule has 0 saturated heterocycles. The van der Waals surface area contributed by atoms with Crippen molar-refractivity contribution in [3.63, 3.8) is 0 Å². The van der Waals surface area contributed by atoms with Crippen molar-refractivity contribution < 1.29 is 0 Å². The van der Waals surface area contributed by atoms with E-state index in [1.54, 1.807) is 22.2 Å². The van der Waals surface area contributed by atoms with Gasteiger partial charge in [0, 0.05) is 11.9 Å². The number of aromatic nitrogens is 2. The fourth-order valence-corrected chi connectivity index (χ4v) is 3.45. The summed E-state index contributed by atoms with van der Waals surface area (Å²) in [4.78, 5) is 1.21. The molecule has 1 N–H and O–H groups in total. The van der Waals surface area contributed by atoms with E-state index >= 15 is 0 Å². The Hall–Kier alpha value is -0.360. The maximum atomic E-state index is 6.14. The van der Waals surface area contributed by atoms with Gasteiger partial charge in [0.15, 0.2) is 0 Å². The Balaban J connectivity index is 2.44. The number of thiophene rings is 1. The van der Waals surface area contributed by atoms with Crippen LogP contribution in [-0.2, 0) is 7.05 Å². The minimum Gasteiger partial charge on any atom is -0.307 e. The van der Waals surface area contributed by atoms with Gasteiger partial charge in [-0.1, -0.05) is 11.6 Å². The third-order valence-corrected chi connectivity index (χ3v) is 4.36. The fourth-order valence-electron chi connectivity index (χ4n) is 1.64. The van der Waals surface area contributed by atoms with Crippen molar-refractivity contribution in [1.82, 2.24) is 15.1 Å². The fraction of sp³-hybridized carbons (Fsp3) is 0.300. The molecular weight excluding hydrogens is 310 g/mol. The zero-order chi connectivity index (χ0) is 11.7. The van der Waals surface area contributed by atoms with E-state index in [1.165, 1.54) is 4.88 Å². The van der Waals surface area contributed by atoms with E-state index in [9.17, 15) is 0 Å². The Morgan fingerprint density at radius 2 is 2.31 bits per heavy atom. The minimum absolute atomic E-state index is 0.0799. The molecule has 0 fully saturated rings. The monoisotopic (exact) mass is 319 g/mol. The molecule has 2 heterocycles. The number of halogens is 2. The summed E-state index contributed by atoms with van der Waals surface area (Å²) in [6.07, 6.45) is 1.67. The lowest BCUT2D eigenvalue weighted by Gasteiger charge is -2.15. The van der Waals surface area contributed by atoms with Crippen molar-refractivity contribution >= 4 is 38.9 Å². The molecular formula is C10H11BrClN3S. The molecule has 3 nitrogen and oxygen atoms in total. The van der Waals surface area contributed by atoms with Gasteiger partial charge in [-0.2, -0.15) is 5.10 Å². The Bertz CT molecular complexity index is 474. The summed E-state index contributed by atoms with van der Waals surface area (Å²) in [6.45, 7) is 0. The van der Waals surface area contributed by atoms with Crippen LogP contribution in [0, 0.1) is 0 Å². The van der Waals surface area contributed by atoms with Gasteiger partial charge in [-0.3, -0.25) is 4.68 Å². The van der Waals surface area contributed by atoms with E-state index in [2.05, 4.69) is 32.4 Å². The molecule has 0 radical (unpaired) electrons. The van der Waals surface area contributed by atoms with Crippen LogP contribution in [0.5, 0.6) is 0 Å². The highest BCUT2D eigenvalue weighted by Gasteiger charge is 2.20. The molecule has 1 unspecified atom stereocenters. The molecule has 2 rings (SSSR count). The van der Waals surface area contributed by atoms with Gasteiger partial charge in [0.1, 0.15) is 0 Å². The number of aryl methyl sites for hydroxylation is 1. The van der Waals surface area contributed by atoms with Crippen LogP contribution in [0.2, 0.25) is 5.02 Å². The maximum Gasteiger partial charge on any atom is 0.0854 e. The van der Waals surface area contributed by atoms with Crippen molar-refractivity contribution in [2.75, 3.05) is 7.05 Å². The predicted octanol–water partition coefficient (Wildman–Crippen LogP) is 3.21. The second-order valence-electron chi connectivity index (χ2n) is 3.36. The van der Waals surface area contributed by atoms with Gasteiger partial charge in [0.25, 0.3) is 0 Å². The predicted molar refractivity (Wildman–Crippen MR) is 71.1 cm³/mol. The molecule has 0 aliphatic carbocycles. The third-order valence-electron chi connectivity index (χ3n) is 2.38. The summed E-state index contributed by atoms with van der Waals surface area (Å²) in [7, 11) is 3.82. The molecule has 2 aromatic rings. The lowest BCUT2D eigenvalue weighted by Crippen LogP contribution is -2.19. The van der Waals surface area contributed by atoms with E-state index in [1.807, 2.05) is 20.2 Å². The van der Waals surface area contributed by atoms with Crippen LogP contribution in [-0.4, -0.2) is 16.8 Å². The van der Waals surface area contributed by atoms with E-state index in [-0.39, 0.29) is 6.04 Å². The number of nitrogens with zero attached hydrogens (tertiary/aromatic N) is 2. The second kappa shape index (κ2) is 4.87. The lowest BCUT2D eigenvalue weighted by atomic mass is 10.2. The summed E-state index contributed by atoms with van der Waals surface area (Å²) >= 11 is 11.3. The zero-order valence-electron chi connectivity index (χ0n) is 8.87. The number of nitrogens with one attached hydrogen (secondary N) is 1. The first-order chi connectivity index (χ1) is 7.63. The van der Waals surface area contributed by atoms with Gasteiger partial charge >= 0.3 is 0 Å². The Kier molecular flexibility index (Phi) is 3.69. The van der Waals surface area contributed by atoms with Crippen molar-refractivity contribution in [2.24, 2.45) is 7.05 Å². The standard InChI is InChI=1S/C10H11BrClN3S/c1-13-9(7-3-4-8(11)16-7)10-6(12)5-14-15(10)2/h3-5,9,13H,1-2H3. The van der Waals surface area contributed by atoms with E-state index < -0.39 is 0 Å². The van der Waals surface area contributed by atoms with E-state index in [0.29, 0.717) is 5.02 Å². The maximum absolute atomic E-state index is 6.14. The summed E-state index contributed by atoms with van der Waals surface area (Å²) in [5.41, 5.74) is 0.985. The molecule has 0 aromatic carbocycles. The van der Waals surface area contributed by atoms with Crippen LogP contribution in [0.1, 0.15) is 16.6 Å². The van der Waals surface area contributed by atoms with Gasteiger partial charge in [0.2, 0.25) is 0 Å². The van der Waals surface area contributed by atoms with Crippen molar-refractivity contribution in [3.05, 3.63) is 37.7 Å². The van der Waals surface area contributed by atoms with Crippen molar-refractivity contribution in [2.45, 2.75) is 6.04 Å². The molecule has 0 aliphatic rings. The van der Waals surface area contributed by atoms with Crippen LogP contribution in [0.3, 0.4) is 0 Å². The van der Waals surface area contributed by atoms with E-state index in [0.717, 1.165) is 9.48 Å². The normalized spacial score (nSPS) is 13.0. The molecule has 6 heteroatoms. The van der Waals surface area contributed by atoms with Gasteiger partial charge in [-0.25, -0.2) is 0 Å². The topological polar surface area (TPSA) is 29.9 Å². The summed E-state index contributed by atoms with van der Waals surface area (Å²) in [5, 5.41) is 8.10. The van der Waals surface area contributed by atoms with Gasteiger partial charge in [-0.05, 0) is 35.1 Å². The average molecular weight is 321 g/mol. The molecule has 0 bridgehead atoms. The number of hydrogen-bond donors (Lipinski definition) is 1. The lowest BCUT2D eigenvalue weighted by molar-refractivity contribution is 0.613. The quantitative estimate of drug-likeness (QED) is 0.941. The molecule has 0 aliphatic heterocycles. The molecule has 0 spiro atoms. The Morgan fingerprint density at radius 3 is 2.75 bits per heavy atom. The average Bonchev–Trinajstić information content (AvgIpc) is 2.80. The highest BCUT2D eigenvalue weighted by atomic mass is 79.9. The highest BCUT2D eigenvalue weighted by molar-refractivity contribution is 9.11. The first-order valence-electron chi connectivity index (χ1n) is 4.73. The van der Waals surface area contributed by atoms with Gasteiger partial charge in [-0.15, -0.1) is 11.3 Å². The first kappa shape index (κ1) is 12.1. The van der Waals surface area contributed by atoms with E-state index in [4.69, 9.17) is 11.6 Å². The Labute approximate surface area is 112 Å². The third kappa shape index (κ3) is 2.18. The number of rotatable bonds is 3. The molecule has 2 aromatic heterocycles. The van der Waals surface area contributed by atoms with Crippen LogP contribution in [0.4, 0.5) is 0 Å². The molecule has 1 atom stereocenters. The largest absolute Gasteiger partial charge is 0.307 e. The highest BCUT2D eigenvalue weighted by Crippen LogP contribution is 2.33. The van der Waals surface area contributed by atoms with Crippen molar-refractivity contribution in [1.29, 1.82) is 0 Å². The molecule has 0 saturated carbocycles. The SMILES string of the molecule is CNC(c1ccc(Br)s1)c1c(Cl)cnn1C. The number of hydrogen-bond acceptors (Lipinski definition) is 3. The zero-order valence-corrected chi connectivity index (χ0v) is 12.0. The summed E-state index contributed by atoms with van der Waals surface area (Å²) < 4.78 is 2.91. The Morgan fingerprint density at radius 1 is 1.56 bits per heavy atom. The van der Waals surface area contributed by atoms with Gasteiger partial charge < -0.3 is 5.32 Å². The van der Waals surface area contributed by atoms with Crippen molar-refractivity contribution in [3.8, 4) is 0 Å². The van der Waals surface area contributed by atoms with Gasteiger partial charge in [0.05, 0.1) is 26.7 Å². The first-order valence-corrected chi connectivity index (χ1v) is 6.72. The molecule has 16 heavy (non-hydrogen) atoms. The second-order valence-corrected chi connectivity index (χ2v) is 6.27. The van der Waals surface area contributed by atoms with Crippen LogP contribution >= 0.6 is 38.9 Å². The minimum atomic E-state index is 0.0799. The van der Waals surface area contributed by atoms with Crippen LogP contribution < -0.4 is 5.32 Å². The van der Waals surface area contributed by atoms with Crippen LogP contribution in [0.25, 0.3) is 0 Å². The molecule has 0 amide bonds.